The molecule has 0 unspecified atom stereocenters. The zero-order valence-corrected chi connectivity index (χ0v) is 14.8. The number of hydrogen-bond donors (Lipinski definition) is 0. The third-order valence-electron chi connectivity index (χ3n) is 3.84. The van der Waals surface area contributed by atoms with E-state index >= 15 is 0 Å². The molecular formula is C19H19N3O4. The molecule has 1 amide bonds. The molecule has 0 fully saturated rings. The average molecular weight is 353 g/mol. The molecule has 0 bridgehead atoms. The van der Waals surface area contributed by atoms with Crippen LogP contribution in [0, 0.1) is 0 Å². The van der Waals surface area contributed by atoms with Gasteiger partial charge in [0.1, 0.15) is 0 Å². The van der Waals surface area contributed by atoms with Crippen molar-refractivity contribution >= 4 is 5.91 Å². The van der Waals surface area contributed by atoms with E-state index < -0.39 is 0 Å². The minimum absolute atomic E-state index is 0.114. The van der Waals surface area contributed by atoms with Crippen molar-refractivity contribution < 1.29 is 18.7 Å². The fourth-order valence-corrected chi connectivity index (χ4v) is 2.48. The second-order valence-corrected chi connectivity index (χ2v) is 5.60. The molecule has 3 rings (SSSR count). The molecule has 7 nitrogen and oxygen atoms in total. The Labute approximate surface area is 151 Å². The summed E-state index contributed by atoms with van der Waals surface area (Å²) in [4.78, 5) is 13.9. The summed E-state index contributed by atoms with van der Waals surface area (Å²) in [6.45, 7) is 0.216. The summed E-state index contributed by atoms with van der Waals surface area (Å²) < 4.78 is 16.2. The van der Waals surface area contributed by atoms with Gasteiger partial charge in [0.25, 0.3) is 5.91 Å². The van der Waals surface area contributed by atoms with Gasteiger partial charge in [-0.3, -0.25) is 4.79 Å². The lowest BCUT2D eigenvalue weighted by Crippen LogP contribution is -2.26. The van der Waals surface area contributed by atoms with Crippen LogP contribution in [0.2, 0.25) is 0 Å². The topological polar surface area (TPSA) is 77.7 Å². The molecule has 0 saturated carbocycles. The largest absolute Gasteiger partial charge is 0.493 e. The predicted octanol–water partition coefficient (Wildman–Crippen LogP) is 3.03. The number of ether oxygens (including phenoxy) is 2. The van der Waals surface area contributed by atoms with Gasteiger partial charge >= 0.3 is 0 Å². The van der Waals surface area contributed by atoms with Crippen LogP contribution < -0.4 is 9.47 Å². The third-order valence-corrected chi connectivity index (χ3v) is 3.84. The number of rotatable bonds is 6. The van der Waals surface area contributed by atoms with Gasteiger partial charge in [-0.05, 0) is 30.3 Å². The van der Waals surface area contributed by atoms with Crippen LogP contribution in [0.3, 0.4) is 0 Å². The number of amides is 1. The summed E-state index contributed by atoms with van der Waals surface area (Å²) in [7, 11) is 4.82. The van der Waals surface area contributed by atoms with Crippen molar-refractivity contribution in [3.05, 3.63) is 60.0 Å². The van der Waals surface area contributed by atoms with Crippen molar-refractivity contribution in [1.29, 1.82) is 0 Å². The maximum Gasteiger partial charge on any atom is 0.254 e. The minimum atomic E-state index is -0.114. The van der Waals surface area contributed by atoms with Crippen LogP contribution in [-0.4, -0.2) is 42.3 Å². The lowest BCUT2D eigenvalue weighted by atomic mass is 10.2. The second-order valence-electron chi connectivity index (χ2n) is 5.60. The molecule has 7 heteroatoms. The van der Waals surface area contributed by atoms with Crippen molar-refractivity contribution in [2.24, 2.45) is 0 Å². The molecule has 0 saturated heterocycles. The van der Waals surface area contributed by atoms with E-state index in [-0.39, 0.29) is 12.5 Å². The molecule has 134 valence electrons. The van der Waals surface area contributed by atoms with Gasteiger partial charge in [0, 0.05) is 18.2 Å². The van der Waals surface area contributed by atoms with E-state index in [0.717, 1.165) is 0 Å². The number of carbonyl (C=O) groups excluding carboxylic acids is 1. The number of nitrogens with zero attached hydrogens (tertiary/aromatic N) is 3. The van der Waals surface area contributed by atoms with Gasteiger partial charge in [0.05, 0.1) is 20.8 Å². The van der Waals surface area contributed by atoms with Gasteiger partial charge in [-0.15, -0.1) is 10.2 Å². The highest BCUT2D eigenvalue weighted by Gasteiger charge is 2.16. The van der Waals surface area contributed by atoms with Gasteiger partial charge in [0.15, 0.2) is 11.5 Å². The highest BCUT2D eigenvalue weighted by Crippen LogP contribution is 2.31. The predicted molar refractivity (Wildman–Crippen MR) is 95.1 cm³/mol. The van der Waals surface area contributed by atoms with Crippen molar-refractivity contribution in [2.75, 3.05) is 21.3 Å². The van der Waals surface area contributed by atoms with E-state index in [2.05, 4.69) is 10.2 Å². The Morgan fingerprint density at radius 1 is 1.04 bits per heavy atom. The summed E-state index contributed by atoms with van der Waals surface area (Å²) >= 11 is 0. The van der Waals surface area contributed by atoms with Crippen molar-refractivity contribution in [2.45, 2.75) is 6.54 Å². The molecule has 1 aromatic heterocycles. The molecule has 2 aromatic carbocycles. The fourth-order valence-electron chi connectivity index (χ4n) is 2.48. The Morgan fingerprint density at radius 2 is 1.77 bits per heavy atom. The lowest BCUT2D eigenvalue weighted by Gasteiger charge is -2.14. The number of aromatic nitrogens is 2. The van der Waals surface area contributed by atoms with Crippen molar-refractivity contribution in [3.8, 4) is 23.0 Å². The Morgan fingerprint density at radius 3 is 2.46 bits per heavy atom. The summed E-state index contributed by atoms with van der Waals surface area (Å²) in [6, 6.07) is 14.4. The van der Waals surface area contributed by atoms with Crippen molar-refractivity contribution in [1.82, 2.24) is 15.1 Å². The molecule has 0 atom stereocenters. The quantitative estimate of drug-likeness (QED) is 0.678. The standard InChI is InChI=1S/C19H19N3O4/c1-22(19(23)13-7-5-4-6-8-13)12-17-20-21-18(26-17)14-9-10-15(24-2)16(11-14)25-3/h4-11H,12H2,1-3H3. The lowest BCUT2D eigenvalue weighted by molar-refractivity contribution is 0.0773. The Balaban J connectivity index is 1.75. The first kappa shape index (κ1) is 17.5. The summed E-state index contributed by atoms with van der Waals surface area (Å²) in [5.41, 5.74) is 1.31. The molecule has 0 aliphatic carbocycles. The summed E-state index contributed by atoms with van der Waals surface area (Å²) in [5.74, 6) is 1.77. The molecule has 0 N–H and O–H groups in total. The van der Waals surface area contributed by atoms with Crippen LogP contribution in [0.5, 0.6) is 11.5 Å². The van der Waals surface area contributed by atoms with Gasteiger partial charge in [0.2, 0.25) is 11.8 Å². The van der Waals surface area contributed by atoms with E-state index in [4.69, 9.17) is 13.9 Å². The Kier molecular flexibility index (Phi) is 5.17. The first-order valence-electron chi connectivity index (χ1n) is 7.97. The van der Waals surface area contributed by atoms with Crippen molar-refractivity contribution in [3.63, 3.8) is 0 Å². The smallest absolute Gasteiger partial charge is 0.254 e. The maximum atomic E-state index is 12.4. The molecule has 1 heterocycles. The first-order valence-corrected chi connectivity index (χ1v) is 7.97. The number of methoxy groups -OCH3 is 2. The molecule has 0 aliphatic heterocycles. The average Bonchev–Trinajstić information content (AvgIpc) is 3.15. The summed E-state index contributed by atoms with van der Waals surface area (Å²) in [5, 5.41) is 8.08. The summed E-state index contributed by atoms with van der Waals surface area (Å²) in [6.07, 6.45) is 0. The van der Waals surface area contributed by atoms with Crippen LogP contribution in [0.25, 0.3) is 11.5 Å². The van der Waals surface area contributed by atoms with Crippen LogP contribution in [0.1, 0.15) is 16.2 Å². The molecule has 3 aromatic rings. The Bertz CT molecular complexity index is 893. The van der Waals surface area contributed by atoms with Crippen LogP contribution in [0.4, 0.5) is 0 Å². The van der Waals surface area contributed by atoms with Gasteiger partial charge in [-0.25, -0.2) is 0 Å². The van der Waals surface area contributed by atoms with Crippen LogP contribution >= 0.6 is 0 Å². The molecular weight excluding hydrogens is 334 g/mol. The number of benzene rings is 2. The number of carbonyl (C=O) groups is 1. The van der Waals surface area contributed by atoms with E-state index in [1.165, 1.54) is 4.90 Å². The van der Waals surface area contributed by atoms with Gasteiger partial charge < -0.3 is 18.8 Å². The molecule has 0 radical (unpaired) electrons. The SMILES string of the molecule is COc1ccc(-c2nnc(CN(C)C(=O)c3ccccc3)o2)cc1OC. The van der Waals surface area contributed by atoms with Gasteiger partial charge in [-0.2, -0.15) is 0 Å². The van der Waals surface area contributed by atoms with Crippen LogP contribution in [-0.2, 0) is 6.54 Å². The first-order chi connectivity index (χ1) is 12.6. The fraction of sp³-hybridized carbons (Fsp3) is 0.211. The maximum absolute atomic E-state index is 12.4. The third kappa shape index (κ3) is 3.66. The molecule has 26 heavy (non-hydrogen) atoms. The van der Waals surface area contributed by atoms with Crippen LogP contribution in [0.15, 0.2) is 52.9 Å². The van der Waals surface area contributed by atoms with E-state index in [1.807, 2.05) is 18.2 Å². The molecule has 0 spiro atoms. The van der Waals surface area contributed by atoms with E-state index in [1.54, 1.807) is 51.6 Å². The monoisotopic (exact) mass is 353 g/mol. The zero-order valence-electron chi connectivity index (χ0n) is 14.8. The zero-order chi connectivity index (χ0) is 18.5. The second kappa shape index (κ2) is 7.69. The highest BCUT2D eigenvalue weighted by molar-refractivity contribution is 5.93. The van der Waals surface area contributed by atoms with Gasteiger partial charge in [-0.1, -0.05) is 18.2 Å². The minimum Gasteiger partial charge on any atom is -0.493 e. The number of hydrogen-bond acceptors (Lipinski definition) is 6. The Hall–Kier alpha value is -3.35. The van der Waals surface area contributed by atoms with E-state index in [9.17, 15) is 4.79 Å². The molecule has 0 aliphatic rings. The normalized spacial score (nSPS) is 10.4. The van der Waals surface area contributed by atoms with E-state index in [0.29, 0.717) is 34.4 Å². The highest BCUT2D eigenvalue weighted by atomic mass is 16.5.